The zero-order valence-electron chi connectivity index (χ0n) is 9.31. The summed E-state index contributed by atoms with van der Waals surface area (Å²) in [5, 5.41) is 2.34. The zero-order chi connectivity index (χ0) is 12.3. The molecule has 0 fully saturated rings. The van der Waals surface area contributed by atoms with Crippen molar-refractivity contribution in [2.24, 2.45) is 5.84 Å². The Hall–Kier alpha value is -1.71. The fraction of sp³-hybridized carbons (Fsp3) is 0.0769. The van der Waals surface area contributed by atoms with Gasteiger partial charge in [-0.05, 0) is 35.9 Å². The van der Waals surface area contributed by atoms with Crippen molar-refractivity contribution < 1.29 is 0 Å². The van der Waals surface area contributed by atoms with Crippen LogP contribution >= 0.6 is 11.6 Å². The van der Waals surface area contributed by atoms with E-state index in [2.05, 4.69) is 0 Å². The predicted octanol–water partition coefficient (Wildman–Crippen LogP) is 2.80. The molecular formula is C13H14ClN3. The third-order valence-electron chi connectivity index (χ3n) is 2.55. The average Bonchev–Trinajstić information content (AvgIpc) is 2.33. The van der Waals surface area contributed by atoms with E-state index in [9.17, 15) is 0 Å². The van der Waals surface area contributed by atoms with Crippen LogP contribution in [-0.2, 0) is 6.54 Å². The Labute approximate surface area is 106 Å². The molecule has 0 aliphatic rings. The van der Waals surface area contributed by atoms with Crippen LogP contribution < -0.4 is 16.6 Å². The van der Waals surface area contributed by atoms with Crippen molar-refractivity contribution >= 4 is 23.0 Å². The highest BCUT2D eigenvalue weighted by Crippen LogP contribution is 2.19. The molecule has 4 heteroatoms. The van der Waals surface area contributed by atoms with Crippen LogP contribution in [0.2, 0.25) is 5.02 Å². The fourth-order valence-electron chi connectivity index (χ4n) is 1.59. The topological polar surface area (TPSA) is 55.3 Å². The first kappa shape index (κ1) is 11.8. The van der Waals surface area contributed by atoms with Gasteiger partial charge < -0.3 is 10.7 Å². The largest absolute Gasteiger partial charge is 0.398 e. The monoisotopic (exact) mass is 247 g/mol. The number of hydrogen-bond acceptors (Lipinski definition) is 3. The highest BCUT2D eigenvalue weighted by molar-refractivity contribution is 6.30. The number of nitrogens with zero attached hydrogens (tertiary/aromatic N) is 1. The first-order valence-electron chi connectivity index (χ1n) is 5.28. The summed E-state index contributed by atoms with van der Waals surface area (Å²) in [5.74, 6) is 5.98. The molecule has 0 saturated heterocycles. The van der Waals surface area contributed by atoms with Gasteiger partial charge in [-0.1, -0.05) is 29.8 Å². The van der Waals surface area contributed by atoms with Crippen LogP contribution in [0.4, 0.5) is 11.4 Å². The number of para-hydroxylation sites is 1. The molecule has 0 radical (unpaired) electrons. The van der Waals surface area contributed by atoms with Gasteiger partial charge in [0.15, 0.2) is 0 Å². The van der Waals surface area contributed by atoms with E-state index >= 15 is 0 Å². The summed E-state index contributed by atoms with van der Waals surface area (Å²) >= 11 is 5.82. The van der Waals surface area contributed by atoms with Crippen LogP contribution in [0, 0.1) is 0 Å². The van der Waals surface area contributed by atoms with Crippen molar-refractivity contribution in [3.63, 3.8) is 0 Å². The zero-order valence-corrected chi connectivity index (χ0v) is 10.1. The van der Waals surface area contributed by atoms with E-state index in [1.165, 1.54) is 0 Å². The van der Waals surface area contributed by atoms with Crippen molar-refractivity contribution in [3.8, 4) is 0 Å². The van der Waals surface area contributed by atoms with E-state index in [4.69, 9.17) is 23.2 Å². The molecule has 0 unspecified atom stereocenters. The summed E-state index contributed by atoms with van der Waals surface area (Å²) < 4.78 is 0. The number of anilines is 2. The van der Waals surface area contributed by atoms with E-state index in [-0.39, 0.29) is 0 Å². The van der Waals surface area contributed by atoms with Crippen LogP contribution in [0.3, 0.4) is 0 Å². The van der Waals surface area contributed by atoms with E-state index in [0.717, 1.165) is 16.9 Å². The SMILES string of the molecule is Nc1ccccc1CN(N)c1ccc(Cl)cc1. The van der Waals surface area contributed by atoms with Crippen LogP contribution in [0.5, 0.6) is 0 Å². The number of nitrogens with two attached hydrogens (primary N) is 2. The van der Waals surface area contributed by atoms with Crippen LogP contribution in [0.25, 0.3) is 0 Å². The maximum atomic E-state index is 5.98. The maximum absolute atomic E-state index is 5.98. The summed E-state index contributed by atoms with van der Waals surface area (Å²) in [6.07, 6.45) is 0. The molecule has 0 saturated carbocycles. The molecule has 0 aliphatic carbocycles. The Morgan fingerprint density at radius 1 is 1.00 bits per heavy atom. The molecule has 0 bridgehead atoms. The number of benzene rings is 2. The summed E-state index contributed by atoms with van der Waals surface area (Å²) in [7, 11) is 0. The number of hydrogen-bond donors (Lipinski definition) is 2. The van der Waals surface area contributed by atoms with Gasteiger partial charge in [0.25, 0.3) is 0 Å². The quantitative estimate of drug-likeness (QED) is 0.498. The Bertz CT molecular complexity index is 496. The minimum Gasteiger partial charge on any atom is -0.398 e. The minimum absolute atomic E-state index is 0.564. The molecule has 17 heavy (non-hydrogen) atoms. The summed E-state index contributed by atoms with van der Waals surface area (Å²) in [5.41, 5.74) is 8.52. The highest BCUT2D eigenvalue weighted by Gasteiger charge is 2.04. The van der Waals surface area contributed by atoms with Gasteiger partial charge in [0.2, 0.25) is 0 Å². The third kappa shape index (κ3) is 2.90. The minimum atomic E-state index is 0.564. The second-order valence-corrected chi connectivity index (χ2v) is 4.24. The van der Waals surface area contributed by atoms with Gasteiger partial charge in [0, 0.05) is 10.7 Å². The Morgan fingerprint density at radius 3 is 2.29 bits per heavy atom. The fourth-order valence-corrected chi connectivity index (χ4v) is 1.71. The molecule has 0 aromatic heterocycles. The van der Waals surface area contributed by atoms with Gasteiger partial charge in [-0.2, -0.15) is 0 Å². The van der Waals surface area contributed by atoms with Gasteiger partial charge in [0.1, 0.15) is 0 Å². The number of hydrazine groups is 1. The third-order valence-corrected chi connectivity index (χ3v) is 2.81. The summed E-state index contributed by atoms with van der Waals surface area (Å²) in [4.78, 5) is 0. The Morgan fingerprint density at radius 2 is 1.65 bits per heavy atom. The molecule has 0 heterocycles. The molecule has 2 aromatic carbocycles. The lowest BCUT2D eigenvalue weighted by Crippen LogP contribution is -2.30. The molecule has 0 atom stereocenters. The van der Waals surface area contributed by atoms with E-state index in [1.54, 1.807) is 5.01 Å². The number of nitrogen functional groups attached to an aromatic ring is 1. The molecule has 0 spiro atoms. The smallest absolute Gasteiger partial charge is 0.0612 e. The first-order valence-corrected chi connectivity index (χ1v) is 5.66. The number of halogens is 1. The van der Waals surface area contributed by atoms with Crippen LogP contribution in [0.1, 0.15) is 5.56 Å². The highest BCUT2D eigenvalue weighted by atomic mass is 35.5. The lowest BCUT2D eigenvalue weighted by Gasteiger charge is -2.19. The second kappa shape index (κ2) is 5.08. The molecule has 0 aliphatic heterocycles. The van der Waals surface area contributed by atoms with E-state index in [1.807, 2.05) is 48.5 Å². The van der Waals surface area contributed by atoms with Crippen molar-refractivity contribution in [3.05, 3.63) is 59.1 Å². The molecule has 2 aromatic rings. The predicted molar refractivity (Wildman–Crippen MR) is 72.7 cm³/mol. The Balaban J connectivity index is 2.14. The molecule has 0 amide bonds. The molecule has 4 N–H and O–H groups in total. The van der Waals surface area contributed by atoms with Crippen molar-refractivity contribution in [1.82, 2.24) is 0 Å². The van der Waals surface area contributed by atoms with Crippen LogP contribution in [0.15, 0.2) is 48.5 Å². The lowest BCUT2D eigenvalue weighted by atomic mass is 10.1. The lowest BCUT2D eigenvalue weighted by molar-refractivity contribution is 0.855. The van der Waals surface area contributed by atoms with Gasteiger partial charge >= 0.3 is 0 Å². The average molecular weight is 248 g/mol. The van der Waals surface area contributed by atoms with E-state index in [0.29, 0.717) is 11.6 Å². The van der Waals surface area contributed by atoms with Crippen molar-refractivity contribution in [2.45, 2.75) is 6.54 Å². The second-order valence-electron chi connectivity index (χ2n) is 3.80. The van der Waals surface area contributed by atoms with E-state index < -0.39 is 0 Å². The van der Waals surface area contributed by atoms with Crippen molar-refractivity contribution in [1.29, 1.82) is 0 Å². The standard InChI is InChI=1S/C13H14ClN3/c14-11-5-7-12(8-6-11)17(16)9-10-3-1-2-4-13(10)15/h1-8H,9,15-16H2. The van der Waals surface area contributed by atoms with Gasteiger partial charge in [-0.3, -0.25) is 0 Å². The molecule has 88 valence electrons. The van der Waals surface area contributed by atoms with Crippen LogP contribution in [-0.4, -0.2) is 0 Å². The van der Waals surface area contributed by atoms with Gasteiger partial charge in [-0.25, -0.2) is 5.84 Å². The Kier molecular flexibility index (Phi) is 3.52. The number of rotatable bonds is 3. The van der Waals surface area contributed by atoms with Gasteiger partial charge in [0.05, 0.1) is 12.2 Å². The maximum Gasteiger partial charge on any atom is 0.0612 e. The molecule has 3 nitrogen and oxygen atoms in total. The first-order chi connectivity index (χ1) is 8.16. The van der Waals surface area contributed by atoms with Gasteiger partial charge in [-0.15, -0.1) is 0 Å². The normalized spacial score (nSPS) is 10.2. The van der Waals surface area contributed by atoms with Crippen molar-refractivity contribution in [2.75, 3.05) is 10.7 Å². The summed E-state index contributed by atoms with van der Waals surface area (Å²) in [6, 6.07) is 15.1. The summed E-state index contributed by atoms with van der Waals surface area (Å²) in [6.45, 7) is 0.564. The molecule has 2 rings (SSSR count). The molecular weight excluding hydrogens is 234 g/mol.